The van der Waals surface area contributed by atoms with Gasteiger partial charge in [0.2, 0.25) is 5.95 Å². The van der Waals surface area contributed by atoms with Crippen molar-refractivity contribution < 1.29 is 37.0 Å². The molecule has 1 spiro atoms. The molecule has 2 saturated heterocycles. The monoisotopic (exact) mass is 485 g/mol. The predicted octanol–water partition coefficient (Wildman–Crippen LogP) is 2.91. The van der Waals surface area contributed by atoms with Gasteiger partial charge in [-0.15, -0.1) is 0 Å². The molecule has 1 atom stereocenters. The molecule has 13 heteroatoms. The molecule has 2 aliphatic heterocycles. The molecular weight excluding hydrogens is 462 g/mol. The topological polar surface area (TPSA) is 118 Å². The predicted molar refractivity (Wildman–Crippen MR) is 110 cm³/mol. The maximum atomic E-state index is 13.8. The molecule has 0 saturated carbocycles. The van der Waals surface area contributed by atoms with Crippen molar-refractivity contribution >= 4 is 17.8 Å². The number of halogens is 4. The SMILES string of the molecule is O=C(O)C(F)(F)F.O=C(c1ccncc1F)N1CCC2(CC1)CC(Nc1ncccn1)CCO2. The lowest BCUT2D eigenvalue weighted by atomic mass is 9.82. The van der Waals surface area contributed by atoms with Crippen molar-refractivity contribution in [2.45, 2.75) is 43.5 Å². The molecule has 4 rings (SSSR count). The molecule has 1 amide bonds. The summed E-state index contributed by atoms with van der Waals surface area (Å²) in [5.41, 5.74) is -0.176. The highest BCUT2D eigenvalue weighted by Crippen LogP contribution is 2.36. The second-order valence-electron chi connectivity index (χ2n) is 7.89. The Bertz CT molecular complexity index is 985. The summed E-state index contributed by atoms with van der Waals surface area (Å²) >= 11 is 0. The number of carboxylic acids is 1. The fourth-order valence-corrected chi connectivity index (χ4v) is 3.89. The lowest BCUT2D eigenvalue weighted by Crippen LogP contribution is -2.52. The van der Waals surface area contributed by atoms with E-state index in [0.717, 1.165) is 31.9 Å². The quantitative estimate of drug-likeness (QED) is 0.638. The van der Waals surface area contributed by atoms with E-state index in [1.165, 1.54) is 12.3 Å². The number of ether oxygens (including phenoxy) is 1. The molecule has 0 radical (unpaired) electrons. The van der Waals surface area contributed by atoms with Crippen molar-refractivity contribution in [1.82, 2.24) is 19.9 Å². The Balaban J connectivity index is 0.000000406. The van der Waals surface area contributed by atoms with Crippen LogP contribution in [0.4, 0.5) is 23.5 Å². The third kappa shape index (κ3) is 6.59. The highest BCUT2D eigenvalue weighted by Gasteiger charge is 2.41. The van der Waals surface area contributed by atoms with Gasteiger partial charge in [0.05, 0.1) is 17.4 Å². The van der Waals surface area contributed by atoms with Gasteiger partial charge in [-0.1, -0.05) is 0 Å². The standard InChI is InChI=1S/C19H22FN5O2.C2HF3O2/c20-16-13-21-8-2-15(16)17(26)25-9-4-19(5-10-25)12-14(3-11-27-19)24-18-22-6-1-7-23-18;3-2(4,5)1(6)7/h1-2,6-8,13-14H,3-5,9-12H2,(H,22,23,24);(H,6,7). The third-order valence-electron chi connectivity index (χ3n) is 5.60. The minimum atomic E-state index is -5.08. The highest BCUT2D eigenvalue weighted by molar-refractivity contribution is 5.94. The van der Waals surface area contributed by atoms with Crippen LogP contribution in [-0.2, 0) is 9.53 Å². The number of aliphatic carboxylic acids is 1. The van der Waals surface area contributed by atoms with E-state index in [4.69, 9.17) is 14.6 Å². The molecule has 2 aromatic heterocycles. The second kappa shape index (κ2) is 10.7. The molecule has 0 aromatic carbocycles. The Morgan fingerprint density at radius 3 is 2.41 bits per heavy atom. The molecule has 2 fully saturated rings. The number of carbonyl (C=O) groups excluding carboxylic acids is 1. The van der Waals surface area contributed by atoms with E-state index in [-0.39, 0.29) is 23.1 Å². The number of carboxylic acid groups (broad SMARTS) is 1. The van der Waals surface area contributed by atoms with Crippen molar-refractivity contribution in [3.05, 3.63) is 48.3 Å². The van der Waals surface area contributed by atoms with E-state index < -0.39 is 18.0 Å². The molecule has 2 aromatic rings. The maximum absolute atomic E-state index is 13.8. The molecule has 2 aliphatic rings. The summed E-state index contributed by atoms with van der Waals surface area (Å²) in [7, 11) is 0. The number of likely N-dealkylation sites (tertiary alicyclic amines) is 1. The number of carbonyl (C=O) groups is 2. The van der Waals surface area contributed by atoms with Crippen molar-refractivity contribution in [3.63, 3.8) is 0 Å². The van der Waals surface area contributed by atoms with Crippen molar-refractivity contribution in [2.24, 2.45) is 0 Å². The molecule has 4 heterocycles. The number of piperidine rings is 1. The normalized spacial score (nSPS) is 19.6. The van der Waals surface area contributed by atoms with Gasteiger partial charge in [0.15, 0.2) is 5.82 Å². The summed E-state index contributed by atoms with van der Waals surface area (Å²) in [6, 6.07) is 3.45. The Morgan fingerprint density at radius 1 is 1.18 bits per heavy atom. The average molecular weight is 485 g/mol. The van der Waals surface area contributed by atoms with Gasteiger partial charge in [-0.2, -0.15) is 13.2 Å². The molecule has 0 aliphatic carbocycles. The van der Waals surface area contributed by atoms with E-state index in [1.807, 2.05) is 0 Å². The Kier molecular flexibility index (Phi) is 7.97. The molecule has 184 valence electrons. The number of rotatable bonds is 3. The summed E-state index contributed by atoms with van der Waals surface area (Å²) < 4.78 is 51.7. The van der Waals surface area contributed by atoms with Crippen LogP contribution in [0.5, 0.6) is 0 Å². The van der Waals surface area contributed by atoms with E-state index in [0.29, 0.717) is 25.6 Å². The number of alkyl halides is 3. The fraction of sp³-hybridized carbons (Fsp3) is 0.476. The number of nitrogens with zero attached hydrogens (tertiary/aromatic N) is 4. The van der Waals surface area contributed by atoms with Crippen LogP contribution in [0.3, 0.4) is 0 Å². The van der Waals surface area contributed by atoms with Gasteiger partial charge < -0.3 is 20.1 Å². The number of anilines is 1. The zero-order valence-electron chi connectivity index (χ0n) is 18.0. The Hall–Kier alpha value is -3.35. The fourth-order valence-electron chi connectivity index (χ4n) is 3.89. The summed E-state index contributed by atoms with van der Waals surface area (Å²) in [5.74, 6) is -3.00. The van der Waals surface area contributed by atoms with E-state index in [2.05, 4.69) is 20.3 Å². The largest absolute Gasteiger partial charge is 0.490 e. The molecule has 2 N–H and O–H groups in total. The second-order valence-corrected chi connectivity index (χ2v) is 7.89. The van der Waals surface area contributed by atoms with E-state index in [1.54, 1.807) is 23.4 Å². The summed E-state index contributed by atoms with van der Waals surface area (Å²) in [4.78, 5) is 35.3. The third-order valence-corrected chi connectivity index (χ3v) is 5.60. The van der Waals surface area contributed by atoms with E-state index >= 15 is 0 Å². The Morgan fingerprint density at radius 2 is 1.82 bits per heavy atom. The first-order valence-electron chi connectivity index (χ1n) is 10.5. The molecule has 34 heavy (non-hydrogen) atoms. The minimum Gasteiger partial charge on any atom is -0.475 e. The Labute approximate surface area is 192 Å². The summed E-state index contributed by atoms with van der Waals surface area (Å²) in [5, 5.41) is 10.5. The molecular formula is C21H23F4N5O4. The minimum absolute atomic E-state index is 0.0753. The van der Waals surface area contributed by atoms with Crippen LogP contribution >= 0.6 is 0 Å². The van der Waals surface area contributed by atoms with Gasteiger partial charge >= 0.3 is 12.1 Å². The van der Waals surface area contributed by atoms with Gasteiger partial charge in [-0.3, -0.25) is 9.78 Å². The van der Waals surface area contributed by atoms with Gasteiger partial charge in [0.25, 0.3) is 5.91 Å². The van der Waals surface area contributed by atoms with Crippen molar-refractivity contribution in [1.29, 1.82) is 0 Å². The first-order chi connectivity index (χ1) is 16.1. The van der Waals surface area contributed by atoms with Gasteiger partial charge in [0, 0.05) is 44.3 Å². The zero-order valence-corrected chi connectivity index (χ0v) is 18.0. The lowest BCUT2D eigenvalue weighted by Gasteiger charge is -2.46. The number of amides is 1. The number of pyridine rings is 1. The molecule has 9 nitrogen and oxygen atoms in total. The maximum Gasteiger partial charge on any atom is 0.490 e. The number of hydrogen-bond donors (Lipinski definition) is 2. The lowest BCUT2D eigenvalue weighted by molar-refractivity contribution is -0.192. The van der Waals surface area contributed by atoms with E-state index in [9.17, 15) is 22.4 Å². The summed E-state index contributed by atoms with van der Waals surface area (Å²) in [6.45, 7) is 1.77. The average Bonchev–Trinajstić information content (AvgIpc) is 2.80. The van der Waals surface area contributed by atoms with Crippen LogP contribution < -0.4 is 5.32 Å². The van der Waals surface area contributed by atoms with Gasteiger partial charge in [-0.25, -0.2) is 19.2 Å². The molecule has 1 unspecified atom stereocenters. The highest BCUT2D eigenvalue weighted by atomic mass is 19.4. The zero-order chi connectivity index (χ0) is 24.8. The van der Waals surface area contributed by atoms with Crippen LogP contribution in [0.1, 0.15) is 36.0 Å². The van der Waals surface area contributed by atoms with Crippen LogP contribution in [-0.4, -0.2) is 74.4 Å². The van der Waals surface area contributed by atoms with Crippen molar-refractivity contribution in [2.75, 3.05) is 25.0 Å². The molecule has 0 bridgehead atoms. The van der Waals surface area contributed by atoms with Gasteiger partial charge in [0.1, 0.15) is 0 Å². The van der Waals surface area contributed by atoms with Crippen LogP contribution in [0.2, 0.25) is 0 Å². The number of hydrogen-bond acceptors (Lipinski definition) is 7. The van der Waals surface area contributed by atoms with Crippen molar-refractivity contribution in [3.8, 4) is 0 Å². The summed E-state index contributed by atoms with van der Waals surface area (Å²) in [6.07, 6.45) is 4.07. The van der Waals surface area contributed by atoms with Crippen LogP contribution in [0, 0.1) is 5.82 Å². The van der Waals surface area contributed by atoms with Gasteiger partial charge in [-0.05, 0) is 37.8 Å². The smallest absolute Gasteiger partial charge is 0.475 e. The number of aromatic nitrogens is 3. The van der Waals surface area contributed by atoms with Crippen LogP contribution in [0.25, 0.3) is 0 Å². The number of nitrogens with one attached hydrogen (secondary N) is 1. The first kappa shape index (κ1) is 25.3. The van der Waals surface area contributed by atoms with Crippen LogP contribution in [0.15, 0.2) is 36.9 Å². The first-order valence-corrected chi connectivity index (χ1v) is 10.5.